The molecule has 2 saturated heterocycles. The highest BCUT2D eigenvalue weighted by molar-refractivity contribution is 6.11. The van der Waals surface area contributed by atoms with Crippen LogP contribution in [0.3, 0.4) is 0 Å². The van der Waals surface area contributed by atoms with Crippen molar-refractivity contribution in [3.8, 4) is 5.75 Å². The quantitative estimate of drug-likeness (QED) is 0.258. The topological polar surface area (TPSA) is 88.6 Å². The Balaban J connectivity index is 1.22. The highest BCUT2D eigenvalue weighted by atomic mass is 16.5. The molecule has 7 rings (SSSR count). The van der Waals surface area contributed by atoms with Gasteiger partial charge >= 0.3 is 6.03 Å². The average Bonchev–Trinajstić information content (AvgIpc) is 3.12. The van der Waals surface area contributed by atoms with Gasteiger partial charge in [-0.05, 0) is 61.9 Å². The smallest absolute Gasteiger partial charge is 0.335 e. The minimum atomic E-state index is -0.197. The largest absolute Gasteiger partial charge is 0.494 e. The monoisotopic (exact) mass is 674 g/mol. The first kappa shape index (κ1) is 33.3. The van der Waals surface area contributed by atoms with Crippen LogP contribution in [0.5, 0.6) is 5.75 Å². The number of methoxy groups -OCH3 is 1. The van der Waals surface area contributed by atoms with Crippen molar-refractivity contribution in [3.63, 3.8) is 0 Å². The first-order chi connectivity index (χ1) is 24.2. The number of piperazine rings is 2. The van der Waals surface area contributed by atoms with Crippen molar-refractivity contribution in [1.29, 1.82) is 0 Å². The molecule has 3 amide bonds. The molecule has 260 valence electrons. The van der Waals surface area contributed by atoms with E-state index < -0.39 is 0 Å². The van der Waals surface area contributed by atoms with Gasteiger partial charge in [0.05, 0.1) is 25.0 Å². The van der Waals surface area contributed by atoms with E-state index in [0.29, 0.717) is 49.1 Å². The fourth-order valence-corrected chi connectivity index (χ4v) is 7.30. The van der Waals surface area contributed by atoms with Crippen LogP contribution in [0.15, 0.2) is 66.9 Å². The standard InChI is InChI=1S/C39H46N8O3/c1-27-7-6-8-28(2)37(27)46-26-31-25-40-36(23-30-9-11-32(12-10-30)44-17-15-42(4)16-18-44)41-38(31)47(39(46)49)34-14-13-33(24-35(34)50-5)45-21-19-43(20-22-45)29(3)48/h6-14,24-25H,15-23,26H2,1-5H3. The highest BCUT2D eigenvalue weighted by Gasteiger charge is 2.37. The number of nitrogens with zero attached hydrogens (tertiary/aromatic N) is 8. The molecule has 11 nitrogen and oxygen atoms in total. The number of para-hydroxylation sites is 1. The van der Waals surface area contributed by atoms with E-state index in [1.165, 1.54) is 5.69 Å². The molecule has 2 fully saturated rings. The van der Waals surface area contributed by atoms with Crippen LogP contribution in [0.2, 0.25) is 0 Å². The van der Waals surface area contributed by atoms with Crippen molar-refractivity contribution in [2.24, 2.45) is 0 Å². The summed E-state index contributed by atoms with van der Waals surface area (Å²) < 4.78 is 5.98. The highest BCUT2D eigenvalue weighted by Crippen LogP contribution is 2.42. The van der Waals surface area contributed by atoms with Gasteiger partial charge in [-0.1, -0.05) is 30.3 Å². The summed E-state index contributed by atoms with van der Waals surface area (Å²) in [4.78, 5) is 48.9. The number of hydrogen-bond acceptors (Lipinski definition) is 8. The number of hydrogen-bond donors (Lipinski definition) is 0. The van der Waals surface area contributed by atoms with E-state index in [0.717, 1.165) is 72.9 Å². The van der Waals surface area contributed by atoms with Crippen LogP contribution in [-0.2, 0) is 17.8 Å². The number of aryl methyl sites for hydroxylation is 2. The molecule has 0 aliphatic carbocycles. The number of benzene rings is 3. The molecule has 0 saturated carbocycles. The average molecular weight is 675 g/mol. The first-order valence-corrected chi connectivity index (χ1v) is 17.4. The van der Waals surface area contributed by atoms with E-state index in [4.69, 9.17) is 14.7 Å². The fourth-order valence-electron chi connectivity index (χ4n) is 7.30. The number of carbonyl (C=O) groups excluding carboxylic acids is 2. The van der Waals surface area contributed by atoms with Crippen LogP contribution >= 0.6 is 0 Å². The van der Waals surface area contributed by atoms with E-state index in [2.05, 4.69) is 46.0 Å². The summed E-state index contributed by atoms with van der Waals surface area (Å²) in [5.41, 5.74) is 7.71. The fraction of sp³-hybridized carbons (Fsp3) is 0.385. The Morgan fingerprint density at radius 1 is 0.840 bits per heavy atom. The molecule has 3 aliphatic rings. The third kappa shape index (κ3) is 6.57. The van der Waals surface area contributed by atoms with Gasteiger partial charge in [0, 0.05) is 94.9 Å². The molecule has 11 heteroatoms. The summed E-state index contributed by atoms with van der Waals surface area (Å²) in [5, 5.41) is 0. The van der Waals surface area contributed by atoms with Crippen molar-refractivity contribution >= 4 is 40.5 Å². The van der Waals surface area contributed by atoms with Gasteiger partial charge in [0.15, 0.2) is 0 Å². The Morgan fingerprint density at radius 2 is 1.48 bits per heavy atom. The Labute approximate surface area is 294 Å². The SMILES string of the molecule is COc1cc(N2CCN(C(C)=O)CC2)ccc1N1C(=O)N(c2c(C)cccc2C)Cc2cnc(Cc3ccc(N4CCN(C)CC4)cc3)nc21. The summed E-state index contributed by atoms with van der Waals surface area (Å²) in [6.45, 7) is 13.0. The number of carbonyl (C=O) groups is 2. The summed E-state index contributed by atoms with van der Waals surface area (Å²) in [7, 11) is 3.80. The maximum Gasteiger partial charge on any atom is 0.335 e. The number of ether oxygens (including phenoxy) is 1. The molecule has 0 atom stereocenters. The van der Waals surface area contributed by atoms with Gasteiger partial charge in [-0.2, -0.15) is 0 Å². The second-order valence-electron chi connectivity index (χ2n) is 13.6. The Bertz CT molecular complexity index is 1860. The lowest BCUT2D eigenvalue weighted by atomic mass is 10.1. The Morgan fingerprint density at radius 3 is 2.14 bits per heavy atom. The van der Waals surface area contributed by atoms with Crippen molar-refractivity contribution in [1.82, 2.24) is 19.8 Å². The van der Waals surface area contributed by atoms with E-state index in [9.17, 15) is 9.59 Å². The van der Waals surface area contributed by atoms with E-state index in [1.54, 1.807) is 18.9 Å². The van der Waals surface area contributed by atoms with Gasteiger partial charge in [-0.15, -0.1) is 0 Å². The number of amides is 3. The molecule has 0 unspecified atom stereocenters. The number of fused-ring (bicyclic) bond motifs is 1. The molecule has 0 spiro atoms. The molecule has 0 radical (unpaired) electrons. The maximum absolute atomic E-state index is 14.7. The van der Waals surface area contributed by atoms with Crippen molar-refractivity contribution in [2.75, 3.05) is 86.1 Å². The van der Waals surface area contributed by atoms with Crippen molar-refractivity contribution < 1.29 is 14.3 Å². The molecule has 0 N–H and O–H groups in total. The molecular formula is C39H46N8O3. The summed E-state index contributed by atoms with van der Waals surface area (Å²) in [6, 6.07) is 20.5. The van der Waals surface area contributed by atoms with Crippen LogP contribution in [0, 0.1) is 13.8 Å². The van der Waals surface area contributed by atoms with E-state index >= 15 is 0 Å². The van der Waals surface area contributed by atoms with Crippen LogP contribution < -0.4 is 24.3 Å². The van der Waals surface area contributed by atoms with Gasteiger partial charge in [-0.25, -0.2) is 19.7 Å². The van der Waals surface area contributed by atoms with Crippen LogP contribution in [-0.4, -0.2) is 98.2 Å². The van der Waals surface area contributed by atoms with Gasteiger partial charge in [0.25, 0.3) is 0 Å². The lowest BCUT2D eigenvalue weighted by molar-refractivity contribution is -0.129. The molecule has 4 aromatic rings. The summed E-state index contributed by atoms with van der Waals surface area (Å²) in [5.74, 6) is 1.88. The number of urea groups is 1. The number of rotatable bonds is 7. The number of likely N-dealkylation sites (N-methyl/N-ethyl adjacent to an activating group) is 1. The first-order valence-electron chi connectivity index (χ1n) is 17.4. The summed E-state index contributed by atoms with van der Waals surface area (Å²) >= 11 is 0. The van der Waals surface area contributed by atoms with Crippen LogP contribution in [0.4, 0.5) is 33.4 Å². The molecule has 0 bridgehead atoms. The minimum absolute atomic E-state index is 0.0947. The second kappa shape index (κ2) is 14.0. The van der Waals surface area contributed by atoms with Gasteiger partial charge in [-0.3, -0.25) is 9.69 Å². The number of aromatic nitrogens is 2. The van der Waals surface area contributed by atoms with E-state index in [1.807, 2.05) is 66.2 Å². The van der Waals surface area contributed by atoms with Crippen molar-refractivity contribution in [2.45, 2.75) is 33.7 Å². The third-order valence-corrected chi connectivity index (χ3v) is 10.2. The summed E-state index contributed by atoms with van der Waals surface area (Å²) in [6.07, 6.45) is 2.41. The van der Waals surface area contributed by atoms with Gasteiger partial charge in [0.2, 0.25) is 5.91 Å². The predicted octanol–water partition coefficient (Wildman–Crippen LogP) is 5.39. The third-order valence-electron chi connectivity index (χ3n) is 10.2. The zero-order valence-corrected chi connectivity index (χ0v) is 29.7. The molecule has 3 aromatic carbocycles. The molecule has 1 aromatic heterocycles. The molecule has 3 aliphatic heterocycles. The lowest BCUT2D eigenvalue weighted by Gasteiger charge is -2.38. The van der Waals surface area contributed by atoms with Crippen LogP contribution in [0.25, 0.3) is 0 Å². The molecule has 50 heavy (non-hydrogen) atoms. The maximum atomic E-state index is 14.7. The predicted molar refractivity (Wildman–Crippen MR) is 198 cm³/mol. The lowest BCUT2D eigenvalue weighted by Crippen LogP contribution is -2.48. The van der Waals surface area contributed by atoms with Crippen molar-refractivity contribution in [3.05, 3.63) is 94.9 Å². The van der Waals surface area contributed by atoms with E-state index in [-0.39, 0.29) is 11.9 Å². The molecular weight excluding hydrogens is 628 g/mol. The zero-order chi connectivity index (χ0) is 34.9. The van der Waals surface area contributed by atoms with Crippen LogP contribution in [0.1, 0.15) is 35.0 Å². The molecule has 4 heterocycles. The Hall–Kier alpha value is -5.16. The van der Waals surface area contributed by atoms with Gasteiger partial charge < -0.3 is 24.3 Å². The number of anilines is 5. The van der Waals surface area contributed by atoms with Gasteiger partial charge in [0.1, 0.15) is 17.4 Å². The zero-order valence-electron chi connectivity index (χ0n) is 29.7. The minimum Gasteiger partial charge on any atom is -0.494 e. The normalized spacial score (nSPS) is 16.9. The Kier molecular flexibility index (Phi) is 9.33. The second-order valence-corrected chi connectivity index (χ2v) is 13.6.